The van der Waals surface area contributed by atoms with Crippen molar-refractivity contribution in [2.24, 2.45) is 11.7 Å². The molecule has 0 saturated heterocycles. The predicted molar refractivity (Wildman–Crippen MR) is 53.5 cm³/mol. The molecule has 2 nitrogen and oxygen atoms in total. The summed E-state index contributed by atoms with van der Waals surface area (Å²) in [6.45, 7) is 0.628. The molecule has 0 aromatic heterocycles. The van der Waals surface area contributed by atoms with Crippen molar-refractivity contribution >= 4 is 0 Å². The van der Waals surface area contributed by atoms with E-state index >= 15 is 0 Å². The van der Waals surface area contributed by atoms with Gasteiger partial charge in [0.1, 0.15) is 6.04 Å². The number of alkyl halides is 3. The zero-order valence-electron chi connectivity index (χ0n) is 9.06. The Kier molecular flexibility index (Phi) is 4.40. The third-order valence-corrected chi connectivity index (χ3v) is 3.12. The van der Waals surface area contributed by atoms with E-state index in [9.17, 15) is 13.2 Å². The molecule has 2 N–H and O–H groups in total. The second kappa shape index (κ2) is 5.16. The van der Waals surface area contributed by atoms with Crippen LogP contribution in [0.2, 0.25) is 0 Å². The standard InChI is InChI=1S/C10H19F3N2/c1-15(7-8-3-2-4-8)9(5-6-14)10(11,12)13/h8-9H,2-7,14H2,1H3. The summed E-state index contributed by atoms with van der Waals surface area (Å²) >= 11 is 0. The summed E-state index contributed by atoms with van der Waals surface area (Å²) in [5, 5.41) is 0. The molecular formula is C10H19F3N2. The van der Waals surface area contributed by atoms with Crippen LogP contribution in [0, 0.1) is 5.92 Å². The van der Waals surface area contributed by atoms with Gasteiger partial charge in [0, 0.05) is 6.54 Å². The highest BCUT2D eigenvalue weighted by molar-refractivity contribution is 4.81. The minimum Gasteiger partial charge on any atom is -0.330 e. The first kappa shape index (κ1) is 12.8. The fourth-order valence-electron chi connectivity index (χ4n) is 2.00. The Balaban J connectivity index is 2.45. The van der Waals surface area contributed by atoms with Crippen molar-refractivity contribution in [2.75, 3.05) is 20.1 Å². The van der Waals surface area contributed by atoms with Crippen LogP contribution in [-0.2, 0) is 0 Å². The number of rotatable bonds is 5. The third kappa shape index (κ3) is 3.65. The SMILES string of the molecule is CN(CC1CCC1)C(CCN)C(F)(F)F. The maximum Gasteiger partial charge on any atom is 0.404 e. The van der Waals surface area contributed by atoms with E-state index in [0.717, 1.165) is 19.3 Å². The van der Waals surface area contributed by atoms with Crippen LogP contribution >= 0.6 is 0 Å². The van der Waals surface area contributed by atoms with Crippen LogP contribution in [0.3, 0.4) is 0 Å². The molecule has 90 valence electrons. The first-order chi connectivity index (χ1) is 6.95. The average molecular weight is 224 g/mol. The second-order valence-electron chi connectivity index (χ2n) is 4.37. The number of nitrogens with two attached hydrogens (primary N) is 1. The van der Waals surface area contributed by atoms with E-state index in [1.807, 2.05) is 0 Å². The first-order valence-electron chi connectivity index (χ1n) is 5.42. The van der Waals surface area contributed by atoms with E-state index in [4.69, 9.17) is 5.73 Å². The summed E-state index contributed by atoms with van der Waals surface area (Å²) < 4.78 is 37.9. The summed E-state index contributed by atoms with van der Waals surface area (Å²) in [5.74, 6) is 0.456. The highest BCUT2D eigenvalue weighted by atomic mass is 19.4. The van der Waals surface area contributed by atoms with Gasteiger partial charge in [-0.2, -0.15) is 13.2 Å². The summed E-state index contributed by atoms with van der Waals surface area (Å²) in [5.41, 5.74) is 5.21. The summed E-state index contributed by atoms with van der Waals surface area (Å²) in [6.07, 6.45) is -0.869. The van der Waals surface area contributed by atoms with E-state index in [1.165, 1.54) is 4.90 Å². The van der Waals surface area contributed by atoms with E-state index in [2.05, 4.69) is 0 Å². The van der Waals surface area contributed by atoms with Crippen LogP contribution < -0.4 is 5.73 Å². The van der Waals surface area contributed by atoms with Gasteiger partial charge in [-0.3, -0.25) is 4.90 Å². The lowest BCUT2D eigenvalue weighted by atomic mass is 9.85. The monoisotopic (exact) mass is 224 g/mol. The van der Waals surface area contributed by atoms with Crippen molar-refractivity contribution in [2.45, 2.75) is 37.9 Å². The molecule has 0 heterocycles. The average Bonchev–Trinajstić information content (AvgIpc) is 2.05. The normalized spacial score (nSPS) is 20.4. The third-order valence-electron chi connectivity index (χ3n) is 3.12. The molecule has 1 saturated carbocycles. The predicted octanol–water partition coefficient (Wildman–Crippen LogP) is 2.00. The molecule has 1 aliphatic rings. The van der Waals surface area contributed by atoms with Crippen molar-refractivity contribution in [3.63, 3.8) is 0 Å². The molecule has 5 heteroatoms. The van der Waals surface area contributed by atoms with Crippen molar-refractivity contribution < 1.29 is 13.2 Å². The quantitative estimate of drug-likeness (QED) is 0.774. The van der Waals surface area contributed by atoms with Gasteiger partial charge in [0.05, 0.1) is 0 Å². The van der Waals surface area contributed by atoms with E-state index in [1.54, 1.807) is 7.05 Å². The maximum atomic E-state index is 12.6. The lowest BCUT2D eigenvalue weighted by Crippen LogP contribution is -2.47. The maximum absolute atomic E-state index is 12.6. The molecule has 0 aromatic carbocycles. The van der Waals surface area contributed by atoms with Gasteiger partial charge in [-0.1, -0.05) is 6.42 Å². The van der Waals surface area contributed by atoms with Gasteiger partial charge in [-0.05, 0) is 38.8 Å². The molecule has 0 bridgehead atoms. The van der Waals surface area contributed by atoms with E-state index in [-0.39, 0.29) is 13.0 Å². The van der Waals surface area contributed by atoms with Gasteiger partial charge in [-0.15, -0.1) is 0 Å². The Hall–Kier alpha value is -0.290. The number of hydrogen-bond acceptors (Lipinski definition) is 2. The van der Waals surface area contributed by atoms with Crippen LogP contribution in [0.5, 0.6) is 0 Å². The smallest absolute Gasteiger partial charge is 0.330 e. The van der Waals surface area contributed by atoms with Crippen LogP contribution in [0.15, 0.2) is 0 Å². The van der Waals surface area contributed by atoms with Gasteiger partial charge in [0.25, 0.3) is 0 Å². The Bertz CT molecular complexity index is 190. The first-order valence-corrected chi connectivity index (χ1v) is 5.42. The van der Waals surface area contributed by atoms with Crippen LogP contribution in [-0.4, -0.2) is 37.3 Å². The molecular weight excluding hydrogens is 205 g/mol. The Morgan fingerprint density at radius 3 is 2.33 bits per heavy atom. The molecule has 0 spiro atoms. The molecule has 0 amide bonds. The van der Waals surface area contributed by atoms with E-state index in [0.29, 0.717) is 12.5 Å². The second-order valence-corrected chi connectivity index (χ2v) is 4.37. The van der Waals surface area contributed by atoms with Gasteiger partial charge < -0.3 is 5.73 Å². The molecule has 1 atom stereocenters. The molecule has 1 fully saturated rings. The van der Waals surface area contributed by atoms with Gasteiger partial charge in [-0.25, -0.2) is 0 Å². The fraction of sp³-hybridized carbons (Fsp3) is 1.00. The minimum absolute atomic E-state index is 0.00722. The topological polar surface area (TPSA) is 29.3 Å². The zero-order chi connectivity index (χ0) is 11.5. The summed E-state index contributed by atoms with van der Waals surface area (Å²) in [7, 11) is 1.55. The van der Waals surface area contributed by atoms with Crippen molar-refractivity contribution in [1.82, 2.24) is 4.90 Å². The van der Waals surface area contributed by atoms with Gasteiger partial charge >= 0.3 is 6.18 Å². The van der Waals surface area contributed by atoms with E-state index < -0.39 is 12.2 Å². The summed E-state index contributed by atoms with van der Waals surface area (Å²) in [6, 6.07) is -1.37. The van der Waals surface area contributed by atoms with Gasteiger partial charge in [0.15, 0.2) is 0 Å². The highest BCUT2D eigenvalue weighted by Crippen LogP contribution is 2.31. The number of nitrogens with zero attached hydrogens (tertiary/aromatic N) is 1. The largest absolute Gasteiger partial charge is 0.404 e. The van der Waals surface area contributed by atoms with Crippen LogP contribution in [0.4, 0.5) is 13.2 Å². The molecule has 0 radical (unpaired) electrons. The molecule has 0 aliphatic heterocycles. The molecule has 0 aromatic rings. The highest BCUT2D eigenvalue weighted by Gasteiger charge is 2.42. The molecule has 1 unspecified atom stereocenters. The van der Waals surface area contributed by atoms with Crippen molar-refractivity contribution in [3.05, 3.63) is 0 Å². The molecule has 15 heavy (non-hydrogen) atoms. The Morgan fingerprint density at radius 1 is 1.40 bits per heavy atom. The van der Waals surface area contributed by atoms with Crippen LogP contribution in [0.1, 0.15) is 25.7 Å². The Labute approximate surface area is 88.6 Å². The number of halogens is 3. The minimum atomic E-state index is -4.15. The fourth-order valence-corrected chi connectivity index (χ4v) is 2.00. The van der Waals surface area contributed by atoms with Crippen molar-refractivity contribution in [1.29, 1.82) is 0 Å². The molecule has 1 aliphatic carbocycles. The van der Waals surface area contributed by atoms with Gasteiger partial charge in [0.2, 0.25) is 0 Å². The van der Waals surface area contributed by atoms with Crippen LogP contribution in [0.25, 0.3) is 0 Å². The zero-order valence-corrected chi connectivity index (χ0v) is 9.06. The lowest BCUT2D eigenvalue weighted by molar-refractivity contribution is -0.183. The lowest BCUT2D eigenvalue weighted by Gasteiger charge is -2.35. The number of hydrogen-bond donors (Lipinski definition) is 1. The molecule has 1 rings (SSSR count). The Morgan fingerprint density at radius 2 is 2.00 bits per heavy atom. The van der Waals surface area contributed by atoms with Crippen molar-refractivity contribution in [3.8, 4) is 0 Å². The summed E-state index contributed by atoms with van der Waals surface area (Å²) in [4.78, 5) is 1.41.